The summed E-state index contributed by atoms with van der Waals surface area (Å²) in [7, 11) is 0. The van der Waals surface area contributed by atoms with Crippen LogP contribution in [0.3, 0.4) is 0 Å². The Hall–Kier alpha value is -2.25. The van der Waals surface area contributed by atoms with Crippen LogP contribution in [0.1, 0.15) is 5.56 Å². The van der Waals surface area contributed by atoms with Crippen molar-refractivity contribution in [2.75, 3.05) is 0 Å². The quantitative estimate of drug-likeness (QED) is 0.462. The second-order valence-corrected chi connectivity index (χ2v) is 4.11. The molecule has 1 heterocycles. The highest BCUT2D eigenvalue weighted by molar-refractivity contribution is 6.30. The van der Waals surface area contributed by atoms with Gasteiger partial charge in [-0.25, -0.2) is 13.8 Å². The van der Waals surface area contributed by atoms with E-state index in [1.807, 2.05) is 0 Å². The van der Waals surface area contributed by atoms with Crippen molar-refractivity contribution in [3.05, 3.63) is 52.7 Å². The van der Waals surface area contributed by atoms with Gasteiger partial charge < -0.3 is 4.74 Å². The van der Waals surface area contributed by atoms with Crippen molar-refractivity contribution in [2.24, 2.45) is 0 Å². The maximum atomic E-state index is 13.7. The van der Waals surface area contributed by atoms with Gasteiger partial charge in [0, 0.05) is 11.8 Å². The van der Waals surface area contributed by atoms with Crippen LogP contribution in [0.15, 0.2) is 30.5 Å². The van der Waals surface area contributed by atoms with Crippen LogP contribution in [-0.4, -0.2) is 16.0 Å². The fourth-order valence-corrected chi connectivity index (χ4v) is 1.53. The van der Waals surface area contributed by atoms with Gasteiger partial charge in [0.25, 0.3) is 5.88 Å². The monoisotopic (exact) mass is 299 g/mol. The first-order valence-electron chi connectivity index (χ1n) is 5.28. The molecule has 3 N–H and O–H groups in total. The summed E-state index contributed by atoms with van der Waals surface area (Å²) in [6, 6.07) is 4.44. The molecular weight excluding hydrogens is 292 g/mol. The number of amidine groups is 1. The van der Waals surface area contributed by atoms with Crippen molar-refractivity contribution in [1.29, 1.82) is 5.41 Å². The van der Waals surface area contributed by atoms with Gasteiger partial charge in [0.05, 0.1) is 5.02 Å². The Morgan fingerprint density at radius 3 is 2.65 bits per heavy atom. The smallest absolute Gasteiger partial charge is 0.256 e. The van der Waals surface area contributed by atoms with Crippen molar-refractivity contribution in [2.45, 2.75) is 0 Å². The van der Waals surface area contributed by atoms with E-state index in [1.54, 1.807) is 5.48 Å². The molecule has 20 heavy (non-hydrogen) atoms. The van der Waals surface area contributed by atoms with Gasteiger partial charge in [-0.15, -0.1) is 0 Å². The Balaban J connectivity index is 2.28. The Bertz CT molecular complexity index is 667. The first-order chi connectivity index (χ1) is 9.51. The fraction of sp³-hybridized carbons (Fsp3) is 0. The minimum atomic E-state index is -0.835. The summed E-state index contributed by atoms with van der Waals surface area (Å²) in [5.41, 5.74) is 1.68. The predicted molar refractivity (Wildman–Crippen MR) is 67.4 cm³/mol. The number of rotatable bonds is 3. The molecule has 0 saturated carbocycles. The third-order valence-electron chi connectivity index (χ3n) is 2.31. The molecule has 0 aliphatic carbocycles. The van der Waals surface area contributed by atoms with Crippen molar-refractivity contribution in [1.82, 2.24) is 10.5 Å². The van der Waals surface area contributed by atoms with Crippen LogP contribution < -0.4 is 10.2 Å². The molecule has 0 aliphatic heterocycles. The summed E-state index contributed by atoms with van der Waals surface area (Å²) in [6.45, 7) is 0. The zero-order valence-electron chi connectivity index (χ0n) is 9.82. The molecule has 0 atom stereocenters. The van der Waals surface area contributed by atoms with Gasteiger partial charge in [-0.1, -0.05) is 11.6 Å². The number of benzene rings is 1. The Kier molecular flexibility index (Phi) is 4.11. The average molecular weight is 300 g/mol. The highest BCUT2D eigenvalue weighted by Gasteiger charge is 2.12. The molecule has 0 saturated heterocycles. The number of nitrogens with one attached hydrogen (secondary N) is 2. The molecule has 0 spiro atoms. The second-order valence-electron chi connectivity index (χ2n) is 3.67. The van der Waals surface area contributed by atoms with Gasteiger partial charge in [0.15, 0.2) is 17.4 Å². The van der Waals surface area contributed by atoms with Crippen molar-refractivity contribution in [3.63, 3.8) is 0 Å². The van der Waals surface area contributed by atoms with Crippen molar-refractivity contribution < 1.29 is 18.7 Å². The summed E-state index contributed by atoms with van der Waals surface area (Å²) >= 11 is 5.54. The predicted octanol–water partition coefficient (Wildman–Crippen LogP) is 3.11. The van der Waals surface area contributed by atoms with E-state index in [1.165, 1.54) is 12.1 Å². The van der Waals surface area contributed by atoms with Crippen LogP contribution in [0, 0.1) is 17.0 Å². The Morgan fingerprint density at radius 1 is 1.30 bits per heavy atom. The van der Waals surface area contributed by atoms with E-state index in [0.717, 1.165) is 18.3 Å². The zero-order valence-corrected chi connectivity index (χ0v) is 10.6. The van der Waals surface area contributed by atoms with E-state index in [9.17, 15) is 8.78 Å². The van der Waals surface area contributed by atoms with Crippen LogP contribution in [0.25, 0.3) is 0 Å². The first-order valence-corrected chi connectivity index (χ1v) is 5.66. The summed E-state index contributed by atoms with van der Waals surface area (Å²) in [5.74, 6) is -2.74. The zero-order chi connectivity index (χ0) is 14.7. The maximum Gasteiger partial charge on any atom is 0.256 e. The highest BCUT2D eigenvalue weighted by Crippen LogP contribution is 2.26. The Labute approximate surface area is 117 Å². The van der Waals surface area contributed by atoms with E-state index in [0.29, 0.717) is 0 Å². The standard InChI is InChI=1S/C12H8ClF2N3O2/c13-7-4-9(15)12(17-5-7)20-10-2-1-6(3-8(10)14)11(16)18-19/h1-5,19H,(H2,16,18). The number of ether oxygens (including phenoxy) is 1. The molecular formula is C12H8ClF2N3O2. The lowest BCUT2D eigenvalue weighted by Gasteiger charge is -2.08. The molecule has 0 unspecified atom stereocenters. The van der Waals surface area contributed by atoms with E-state index >= 15 is 0 Å². The van der Waals surface area contributed by atoms with Gasteiger partial charge >= 0.3 is 0 Å². The molecule has 0 aliphatic rings. The van der Waals surface area contributed by atoms with E-state index in [-0.39, 0.29) is 22.2 Å². The van der Waals surface area contributed by atoms with E-state index < -0.39 is 17.5 Å². The van der Waals surface area contributed by atoms with Crippen LogP contribution >= 0.6 is 11.6 Å². The lowest BCUT2D eigenvalue weighted by atomic mass is 10.2. The van der Waals surface area contributed by atoms with E-state index in [2.05, 4.69) is 4.98 Å². The largest absolute Gasteiger partial charge is 0.433 e. The average Bonchev–Trinajstić information content (AvgIpc) is 2.42. The third kappa shape index (κ3) is 3.01. The van der Waals surface area contributed by atoms with Crippen LogP contribution in [0.4, 0.5) is 8.78 Å². The van der Waals surface area contributed by atoms with Crippen LogP contribution in [0.5, 0.6) is 11.6 Å². The lowest BCUT2D eigenvalue weighted by molar-refractivity contribution is 0.234. The molecule has 8 heteroatoms. The molecule has 2 aromatic rings. The minimum absolute atomic E-state index is 0.0909. The van der Waals surface area contributed by atoms with Gasteiger partial charge in [-0.2, -0.15) is 0 Å². The summed E-state index contributed by atoms with van der Waals surface area (Å²) in [4.78, 5) is 3.60. The molecule has 1 aromatic heterocycles. The molecule has 2 rings (SSSR count). The van der Waals surface area contributed by atoms with Gasteiger partial charge in [0.2, 0.25) is 0 Å². The summed E-state index contributed by atoms with van der Waals surface area (Å²) < 4.78 is 32.2. The second kappa shape index (κ2) is 5.81. The van der Waals surface area contributed by atoms with Gasteiger partial charge in [-0.05, 0) is 24.3 Å². The molecule has 0 fully saturated rings. The van der Waals surface area contributed by atoms with Gasteiger partial charge in [0.1, 0.15) is 5.84 Å². The van der Waals surface area contributed by atoms with E-state index in [4.69, 9.17) is 27.0 Å². The number of aromatic nitrogens is 1. The third-order valence-corrected chi connectivity index (χ3v) is 2.52. The minimum Gasteiger partial charge on any atom is -0.433 e. The first kappa shape index (κ1) is 14.2. The molecule has 0 amide bonds. The molecule has 1 aromatic carbocycles. The number of halogens is 3. The topological polar surface area (TPSA) is 78.2 Å². The molecule has 0 bridgehead atoms. The van der Waals surface area contributed by atoms with Gasteiger partial charge in [-0.3, -0.25) is 16.1 Å². The van der Waals surface area contributed by atoms with Crippen LogP contribution in [0.2, 0.25) is 5.02 Å². The highest BCUT2D eigenvalue weighted by atomic mass is 35.5. The normalized spacial score (nSPS) is 10.2. The number of pyridine rings is 1. The number of hydrogen-bond donors (Lipinski definition) is 3. The summed E-state index contributed by atoms with van der Waals surface area (Å²) in [5, 5.41) is 15.9. The number of nitrogens with zero attached hydrogens (tertiary/aromatic N) is 1. The SMILES string of the molecule is N=C(NO)c1ccc(Oc2ncc(Cl)cc2F)c(F)c1. The molecule has 5 nitrogen and oxygen atoms in total. The fourth-order valence-electron chi connectivity index (χ4n) is 1.38. The van der Waals surface area contributed by atoms with Crippen LogP contribution in [-0.2, 0) is 0 Å². The Morgan fingerprint density at radius 2 is 2.05 bits per heavy atom. The summed E-state index contributed by atoms with van der Waals surface area (Å²) in [6.07, 6.45) is 1.16. The van der Waals surface area contributed by atoms with Crippen molar-refractivity contribution in [3.8, 4) is 11.6 Å². The number of hydroxylamine groups is 1. The number of hydrogen-bond acceptors (Lipinski definition) is 4. The molecule has 104 valence electrons. The van der Waals surface area contributed by atoms with Crippen molar-refractivity contribution >= 4 is 17.4 Å². The molecule has 0 radical (unpaired) electrons. The lowest BCUT2D eigenvalue weighted by Crippen LogP contribution is -2.18. The maximum absolute atomic E-state index is 13.7.